The van der Waals surface area contributed by atoms with Gasteiger partial charge in [0, 0.05) is 26.7 Å². The van der Waals surface area contributed by atoms with Gasteiger partial charge in [-0.15, -0.1) is 0 Å². The normalized spacial score (nSPS) is 12.7. The zero-order valence-corrected chi connectivity index (χ0v) is 11.1. The van der Waals surface area contributed by atoms with E-state index in [-0.39, 0.29) is 12.1 Å². The fourth-order valence-electron chi connectivity index (χ4n) is 1.20. The van der Waals surface area contributed by atoms with Crippen molar-refractivity contribution in [2.75, 3.05) is 20.6 Å². The number of amides is 2. The highest BCUT2D eigenvalue weighted by molar-refractivity contribution is 5.74. The number of urea groups is 1. The molecule has 90 valence electrons. The van der Waals surface area contributed by atoms with Crippen LogP contribution in [0.3, 0.4) is 0 Å². The van der Waals surface area contributed by atoms with Gasteiger partial charge in [0.2, 0.25) is 0 Å². The number of carbonyl (C=O) groups is 1. The Labute approximate surface area is 94.4 Å². The molecule has 0 aliphatic rings. The van der Waals surface area contributed by atoms with Crippen molar-refractivity contribution < 1.29 is 4.79 Å². The molecule has 15 heavy (non-hydrogen) atoms. The lowest BCUT2D eigenvalue weighted by atomic mass is 10.1. The van der Waals surface area contributed by atoms with Gasteiger partial charge in [0.1, 0.15) is 0 Å². The smallest absolute Gasteiger partial charge is 0.319 e. The lowest BCUT2D eigenvalue weighted by Crippen LogP contribution is -2.42. The van der Waals surface area contributed by atoms with Crippen LogP contribution >= 0.6 is 0 Å². The third-order valence-corrected chi connectivity index (χ3v) is 3.06. The molecule has 0 aliphatic heterocycles. The Kier molecular flexibility index (Phi) is 6.37. The van der Waals surface area contributed by atoms with E-state index in [4.69, 9.17) is 0 Å². The average Bonchev–Trinajstić information content (AvgIpc) is 2.22. The largest absolute Gasteiger partial charge is 0.328 e. The van der Waals surface area contributed by atoms with E-state index in [1.807, 2.05) is 32.8 Å². The lowest BCUT2D eigenvalue weighted by molar-refractivity contribution is 0.160. The predicted octanol–water partition coefficient (Wildman–Crippen LogP) is 2.81. The third-order valence-electron chi connectivity index (χ3n) is 3.06. The SMILES string of the molecule is CCC(C)CCN(C)C(=O)N(C)C(C)C. The van der Waals surface area contributed by atoms with Gasteiger partial charge in [-0.25, -0.2) is 4.79 Å². The molecule has 0 aromatic heterocycles. The van der Waals surface area contributed by atoms with Crippen LogP contribution in [0.25, 0.3) is 0 Å². The van der Waals surface area contributed by atoms with Crippen LogP contribution in [-0.2, 0) is 0 Å². The van der Waals surface area contributed by atoms with Crippen LogP contribution in [0.5, 0.6) is 0 Å². The molecule has 2 amide bonds. The first-order chi connectivity index (χ1) is 6.90. The number of nitrogens with zero attached hydrogens (tertiary/aromatic N) is 2. The second kappa shape index (κ2) is 6.70. The van der Waals surface area contributed by atoms with Crippen LogP contribution < -0.4 is 0 Å². The van der Waals surface area contributed by atoms with E-state index in [1.165, 1.54) is 6.42 Å². The standard InChI is InChI=1S/C12H26N2O/c1-7-11(4)8-9-13(5)12(15)14(6)10(2)3/h10-11H,7-9H2,1-6H3. The summed E-state index contributed by atoms with van der Waals surface area (Å²) in [6.45, 7) is 9.32. The number of carbonyl (C=O) groups excluding carboxylic acids is 1. The highest BCUT2D eigenvalue weighted by atomic mass is 16.2. The van der Waals surface area contributed by atoms with E-state index in [9.17, 15) is 4.79 Å². The minimum Gasteiger partial charge on any atom is -0.328 e. The maximum absolute atomic E-state index is 11.8. The van der Waals surface area contributed by atoms with Crippen molar-refractivity contribution in [1.29, 1.82) is 0 Å². The van der Waals surface area contributed by atoms with Gasteiger partial charge in [0.05, 0.1) is 0 Å². The van der Waals surface area contributed by atoms with Crippen molar-refractivity contribution in [2.24, 2.45) is 5.92 Å². The molecule has 0 aromatic carbocycles. The molecule has 0 rings (SSSR count). The van der Waals surface area contributed by atoms with Gasteiger partial charge in [-0.3, -0.25) is 0 Å². The maximum atomic E-state index is 11.8. The predicted molar refractivity (Wildman–Crippen MR) is 65.0 cm³/mol. The molecule has 0 saturated carbocycles. The second-order valence-electron chi connectivity index (χ2n) is 4.71. The molecule has 0 aromatic rings. The van der Waals surface area contributed by atoms with Crippen LogP contribution in [0.2, 0.25) is 0 Å². The summed E-state index contributed by atoms with van der Waals surface area (Å²) in [5, 5.41) is 0. The molecule has 0 saturated heterocycles. The van der Waals surface area contributed by atoms with E-state index in [2.05, 4.69) is 13.8 Å². The van der Waals surface area contributed by atoms with Crippen LogP contribution in [0.4, 0.5) is 4.79 Å². The van der Waals surface area contributed by atoms with Crippen molar-refractivity contribution >= 4 is 6.03 Å². The molecule has 3 heteroatoms. The molecule has 0 N–H and O–H groups in total. The first kappa shape index (κ1) is 14.3. The minimum atomic E-state index is 0.119. The fraction of sp³-hybridized carbons (Fsp3) is 0.917. The van der Waals surface area contributed by atoms with Crippen LogP contribution in [0.15, 0.2) is 0 Å². The summed E-state index contributed by atoms with van der Waals surface area (Å²) >= 11 is 0. The van der Waals surface area contributed by atoms with E-state index < -0.39 is 0 Å². The summed E-state index contributed by atoms with van der Waals surface area (Å²) in [4.78, 5) is 15.4. The number of hydrogen-bond donors (Lipinski definition) is 0. The van der Waals surface area contributed by atoms with E-state index in [0.29, 0.717) is 5.92 Å². The zero-order chi connectivity index (χ0) is 12.0. The van der Waals surface area contributed by atoms with E-state index >= 15 is 0 Å². The Morgan fingerprint density at radius 2 is 1.73 bits per heavy atom. The fourth-order valence-corrected chi connectivity index (χ4v) is 1.20. The van der Waals surface area contributed by atoms with Crippen molar-refractivity contribution in [3.05, 3.63) is 0 Å². The maximum Gasteiger partial charge on any atom is 0.319 e. The molecule has 0 bridgehead atoms. The number of rotatable bonds is 5. The van der Waals surface area contributed by atoms with Crippen LogP contribution in [0, 0.1) is 5.92 Å². The third kappa shape index (κ3) is 5.05. The van der Waals surface area contributed by atoms with Gasteiger partial charge in [0.15, 0.2) is 0 Å². The molecular weight excluding hydrogens is 188 g/mol. The first-order valence-electron chi connectivity index (χ1n) is 5.88. The second-order valence-corrected chi connectivity index (χ2v) is 4.71. The topological polar surface area (TPSA) is 23.6 Å². The minimum absolute atomic E-state index is 0.119. The molecule has 1 unspecified atom stereocenters. The molecule has 0 fully saturated rings. The Morgan fingerprint density at radius 3 is 2.13 bits per heavy atom. The summed E-state index contributed by atoms with van der Waals surface area (Å²) in [6.07, 6.45) is 2.27. The highest BCUT2D eigenvalue weighted by Gasteiger charge is 2.16. The van der Waals surface area contributed by atoms with Crippen molar-refractivity contribution in [3.8, 4) is 0 Å². The van der Waals surface area contributed by atoms with Gasteiger partial charge < -0.3 is 9.80 Å². The Balaban J connectivity index is 3.99. The highest BCUT2D eigenvalue weighted by Crippen LogP contribution is 2.08. The van der Waals surface area contributed by atoms with Gasteiger partial charge in [-0.05, 0) is 26.2 Å². The molecule has 0 spiro atoms. The van der Waals surface area contributed by atoms with Gasteiger partial charge in [-0.1, -0.05) is 20.3 Å². The summed E-state index contributed by atoms with van der Waals surface area (Å²) in [7, 11) is 3.73. The quantitative estimate of drug-likeness (QED) is 0.690. The molecule has 0 aliphatic carbocycles. The van der Waals surface area contributed by atoms with E-state index in [0.717, 1.165) is 13.0 Å². The number of hydrogen-bond acceptors (Lipinski definition) is 1. The van der Waals surface area contributed by atoms with Gasteiger partial charge in [-0.2, -0.15) is 0 Å². The van der Waals surface area contributed by atoms with Crippen LogP contribution in [0.1, 0.15) is 40.5 Å². The molecule has 3 nitrogen and oxygen atoms in total. The van der Waals surface area contributed by atoms with Crippen LogP contribution in [-0.4, -0.2) is 42.5 Å². The van der Waals surface area contributed by atoms with Gasteiger partial charge >= 0.3 is 6.03 Å². The monoisotopic (exact) mass is 214 g/mol. The van der Waals surface area contributed by atoms with E-state index in [1.54, 1.807) is 4.90 Å². The zero-order valence-electron chi connectivity index (χ0n) is 11.1. The molecule has 0 radical (unpaired) electrons. The summed E-state index contributed by atoms with van der Waals surface area (Å²) in [5.41, 5.74) is 0. The first-order valence-corrected chi connectivity index (χ1v) is 5.88. The summed E-state index contributed by atoms with van der Waals surface area (Å²) in [5.74, 6) is 0.699. The Hall–Kier alpha value is -0.730. The Bertz CT molecular complexity index is 192. The Morgan fingerprint density at radius 1 is 1.20 bits per heavy atom. The van der Waals surface area contributed by atoms with Crippen molar-refractivity contribution in [2.45, 2.75) is 46.6 Å². The lowest BCUT2D eigenvalue weighted by Gasteiger charge is -2.28. The van der Waals surface area contributed by atoms with Gasteiger partial charge in [0.25, 0.3) is 0 Å². The molecular formula is C12H26N2O. The van der Waals surface area contributed by atoms with Crippen molar-refractivity contribution in [1.82, 2.24) is 9.80 Å². The summed E-state index contributed by atoms with van der Waals surface area (Å²) in [6, 6.07) is 0.386. The molecule has 0 heterocycles. The molecule has 1 atom stereocenters. The van der Waals surface area contributed by atoms with Crippen molar-refractivity contribution in [3.63, 3.8) is 0 Å². The average molecular weight is 214 g/mol. The summed E-state index contributed by atoms with van der Waals surface area (Å²) < 4.78 is 0.